The van der Waals surface area contributed by atoms with E-state index in [0.717, 1.165) is 25.0 Å². The van der Waals surface area contributed by atoms with Crippen molar-refractivity contribution in [3.05, 3.63) is 23.5 Å². The van der Waals surface area contributed by atoms with E-state index in [-0.39, 0.29) is 17.8 Å². The molecule has 0 heterocycles. The van der Waals surface area contributed by atoms with Gasteiger partial charge >= 0.3 is 0 Å². The van der Waals surface area contributed by atoms with Gasteiger partial charge in [0.15, 0.2) is 5.78 Å². The third-order valence-corrected chi connectivity index (χ3v) is 3.19. The number of carbonyl (C=O) groups is 1. The topological polar surface area (TPSA) is 35.5 Å². The molecule has 3 heteroatoms. The molecule has 1 aliphatic carbocycles. The molecule has 1 aliphatic rings. The van der Waals surface area contributed by atoms with Crippen LogP contribution >= 0.6 is 0 Å². The molecule has 3 nitrogen and oxygen atoms in total. The highest BCUT2D eigenvalue weighted by Gasteiger charge is 2.28. The van der Waals surface area contributed by atoms with Gasteiger partial charge in [0.1, 0.15) is 5.76 Å². The van der Waals surface area contributed by atoms with E-state index >= 15 is 0 Å². The highest BCUT2D eigenvalue weighted by Crippen LogP contribution is 2.31. The monoisotopic (exact) mass is 238 g/mol. The summed E-state index contributed by atoms with van der Waals surface area (Å²) in [6, 6.07) is 0. The highest BCUT2D eigenvalue weighted by molar-refractivity contribution is 5.96. The number of hydrogen-bond acceptors (Lipinski definition) is 3. The van der Waals surface area contributed by atoms with Gasteiger partial charge in [0.05, 0.1) is 13.2 Å². The van der Waals surface area contributed by atoms with Gasteiger partial charge in [-0.25, -0.2) is 0 Å². The zero-order chi connectivity index (χ0) is 12.8. The number of rotatable bonds is 6. The van der Waals surface area contributed by atoms with E-state index in [1.807, 2.05) is 12.2 Å². The normalized spacial score (nSPS) is 24.0. The molecular weight excluding hydrogens is 216 g/mol. The van der Waals surface area contributed by atoms with Crippen molar-refractivity contribution in [2.45, 2.75) is 39.2 Å². The molecule has 0 amide bonds. The first-order valence-electron chi connectivity index (χ1n) is 6.15. The number of methoxy groups -OCH3 is 2. The Morgan fingerprint density at radius 3 is 2.59 bits per heavy atom. The van der Waals surface area contributed by atoms with Crippen LogP contribution < -0.4 is 0 Å². The van der Waals surface area contributed by atoms with Crippen molar-refractivity contribution >= 4 is 5.78 Å². The second-order valence-electron chi connectivity index (χ2n) is 4.38. The first kappa shape index (κ1) is 14.0. The van der Waals surface area contributed by atoms with Gasteiger partial charge in [-0.05, 0) is 25.5 Å². The number of unbranched alkanes of at least 4 members (excludes halogenated alkanes) is 1. The maximum Gasteiger partial charge on any atom is 0.159 e. The van der Waals surface area contributed by atoms with Crippen LogP contribution in [0.1, 0.15) is 33.1 Å². The molecule has 0 bridgehead atoms. The largest absolute Gasteiger partial charge is 0.501 e. The Labute approximate surface area is 103 Å². The van der Waals surface area contributed by atoms with Crippen molar-refractivity contribution in [1.29, 1.82) is 0 Å². The molecule has 2 atom stereocenters. The standard InChI is InChI=1S/C14H22O3/c1-5-6-7-12-13(16-3)8-11(10(2)15)9-14(12)17-4/h8-9,12-13H,5-7H2,1-4H3. The van der Waals surface area contributed by atoms with Crippen molar-refractivity contribution < 1.29 is 14.3 Å². The first-order valence-corrected chi connectivity index (χ1v) is 6.15. The Balaban J connectivity index is 2.91. The molecule has 0 fully saturated rings. The Hall–Kier alpha value is -1.09. The minimum Gasteiger partial charge on any atom is -0.501 e. The Morgan fingerprint density at radius 2 is 2.12 bits per heavy atom. The maximum atomic E-state index is 11.4. The zero-order valence-electron chi connectivity index (χ0n) is 11.2. The fraction of sp³-hybridized carbons (Fsp3) is 0.643. The molecule has 0 N–H and O–H groups in total. The predicted molar refractivity (Wildman–Crippen MR) is 67.7 cm³/mol. The number of ether oxygens (including phenoxy) is 2. The summed E-state index contributed by atoms with van der Waals surface area (Å²) < 4.78 is 10.9. The lowest BCUT2D eigenvalue weighted by molar-refractivity contribution is -0.113. The van der Waals surface area contributed by atoms with Crippen molar-refractivity contribution in [3.8, 4) is 0 Å². The Morgan fingerprint density at radius 1 is 1.41 bits per heavy atom. The average molecular weight is 238 g/mol. The number of carbonyl (C=O) groups excluding carboxylic acids is 1. The molecule has 96 valence electrons. The van der Waals surface area contributed by atoms with E-state index in [9.17, 15) is 4.79 Å². The summed E-state index contributed by atoms with van der Waals surface area (Å²) in [6.45, 7) is 3.73. The van der Waals surface area contributed by atoms with E-state index in [1.54, 1.807) is 21.1 Å². The quantitative estimate of drug-likeness (QED) is 0.713. The smallest absolute Gasteiger partial charge is 0.159 e. The molecule has 0 aromatic carbocycles. The predicted octanol–water partition coefficient (Wildman–Crippen LogP) is 2.87. The second kappa shape index (κ2) is 6.60. The molecule has 0 saturated heterocycles. The van der Waals surface area contributed by atoms with E-state index in [1.165, 1.54) is 0 Å². The van der Waals surface area contributed by atoms with Crippen LogP contribution in [0.3, 0.4) is 0 Å². The van der Waals surface area contributed by atoms with Gasteiger partial charge in [-0.3, -0.25) is 4.79 Å². The summed E-state index contributed by atoms with van der Waals surface area (Å²) in [5.74, 6) is 1.14. The Bertz CT molecular complexity index is 328. The molecule has 17 heavy (non-hydrogen) atoms. The highest BCUT2D eigenvalue weighted by atomic mass is 16.5. The maximum absolute atomic E-state index is 11.4. The summed E-state index contributed by atoms with van der Waals surface area (Å²) in [6.07, 6.45) is 7.00. The van der Waals surface area contributed by atoms with Gasteiger partial charge in [0.2, 0.25) is 0 Å². The Kier molecular flexibility index (Phi) is 5.42. The lowest BCUT2D eigenvalue weighted by Gasteiger charge is -2.29. The molecule has 1 rings (SSSR count). The van der Waals surface area contributed by atoms with Gasteiger partial charge in [0, 0.05) is 18.6 Å². The van der Waals surface area contributed by atoms with Crippen LogP contribution in [0.25, 0.3) is 0 Å². The third kappa shape index (κ3) is 3.43. The van der Waals surface area contributed by atoms with Crippen LogP contribution in [0.15, 0.2) is 23.5 Å². The van der Waals surface area contributed by atoms with Crippen LogP contribution in [0, 0.1) is 5.92 Å². The summed E-state index contributed by atoms with van der Waals surface area (Å²) in [5.41, 5.74) is 0.682. The minimum atomic E-state index is -0.0552. The first-order chi connectivity index (χ1) is 8.13. The van der Waals surface area contributed by atoms with Gasteiger partial charge in [-0.2, -0.15) is 0 Å². The van der Waals surface area contributed by atoms with Crippen LogP contribution in [0.4, 0.5) is 0 Å². The molecular formula is C14H22O3. The summed E-state index contributed by atoms with van der Waals surface area (Å²) in [5, 5.41) is 0. The fourth-order valence-corrected chi connectivity index (χ4v) is 2.16. The van der Waals surface area contributed by atoms with E-state index in [4.69, 9.17) is 9.47 Å². The van der Waals surface area contributed by atoms with E-state index in [2.05, 4.69) is 6.92 Å². The number of ketones is 1. The summed E-state index contributed by atoms with van der Waals surface area (Å²) >= 11 is 0. The van der Waals surface area contributed by atoms with Crippen LogP contribution in [-0.2, 0) is 14.3 Å². The molecule has 2 unspecified atom stereocenters. The zero-order valence-corrected chi connectivity index (χ0v) is 11.2. The third-order valence-electron chi connectivity index (χ3n) is 3.19. The lowest BCUT2D eigenvalue weighted by atomic mass is 9.87. The SMILES string of the molecule is CCCCC1C(OC)=CC(C(C)=O)=CC1OC. The number of Topliss-reactive ketones (excluding diaryl/α,β-unsaturated/α-hetero) is 1. The molecule has 0 spiro atoms. The van der Waals surface area contributed by atoms with Crippen LogP contribution in [0.2, 0.25) is 0 Å². The van der Waals surface area contributed by atoms with Crippen molar-refractivity contribution in [1.82, 2.24) is 0 Å². The second-order valence-corrected chi connectivity index (χ2v) is 4.38. The number of allylic oxidation sites excluding steroid dienone is 2. The fourth-order valence-electron chi connectivity index (χ4n) is 2.16. The molecule has 0 aliphatic heterocycles. The van der Waals surface area contributed by atoms with Crippen LogP contribution in [-0.4, -0.2) is 26.1 Å². The van der Waals surface area contributed by atoms with Crippen molar-refractivity contribution in [3.63, 3.8) is 0 Å². The molecule has 0 aromatic heterocycles. The molecule has 0 radical (unpaired) electrons. The van der Waals surface area contributed by atoms with E-state index in [0.29, 0.717) is 5.57 Å². The average Bonchev–Trinajstić information content (AvgIpc) is 2.34. The van der Waals surface area contributed by atoms with E-state index < -0.39 is 0 Å². The lowest BCUT2D eigenvalue weighted by Crippen LogP contribution is -2.27. The van der Waals surface area contributed by atoms with Gasteiger partial charge < -0.3 is 9.47 Å². The van der Waals surface area contributed by atoms with Gasteiger partial charge in [0.25, 0.3) is 0 Å². The number of hydrogen-bond donors (Lipinski definition) is 0. The molecule has 0 aromatic rings. The van der Waals surface area contributed by atoms with Gasteiger partial charge in [-0.15, -0.1) is 0 Å². The minimum absolute atomic E-state index is 0.0514. The summed E-state index contributed by atoms with van der Waals surface area (Å²) in [7, 11) is 3.33. The van der Waals surface area contributed by atoms with Crippen LogP contribution in [0.5, 0.6) is 0 Å². The summed E-state index contributed by atoms with van der Waals surface area (Å²) in [4.78, 5) is 11.4. The van der Waals surface area contributed by atoms with Gasteiger partial charge in [-0.1, -0.05) is 19.8 Å². The van der Waals surface area contributed by atoms with Crippen molar-refractivity contribution in [2.24, 2.45) is 5.92 Å². The van der Waals surface area contributed by atoms with Crippen molar-refractivity contribution in [2.75, 3.05) is 14.2 Å². The molecule has 0 saturated carbocycles.